The molecule has 0 spiro atoms. The summed E-state index contributed by atoms with van der Waals surface area (Å²) in [7, 11) is 0. The molecule has 0 radical (unpaired) electrons. The minimum absolute atomic E-state index is 0.205. The highest BCUT2D eigenvalue weighted by Gasteiger charge is 2.30. The highest BCUT2D eigenvalue weighted by molar-refractivity contribution is 6.31. The van der Waals surface area contributed by atoms with Crippen LogP contribution in [0.5, 0.6) is 0 Å². The van der Waals surface area contributed by atoms with Crippen molar-refractivity contribution in [3.05, 3.63) is 29.0 Å². The van der Waals surface area contributed by atoms with Gasteiger partial charge in [-0.1, -0.05) is 44.9 Å². The minimum atomic E-state index is -0.294. The van der Waals surface area contributed by atoms with Gasteiger partial charge in [0.05, 0.1) is 10.7 Å². The standard InChI is InChI=1S/C16H24ClFN2/c1-4-11(3)14-10-20(12(5-2)9-19-14)15-8-6-7-13(17)16(15)18/h6-8,11-12,14,19H,4-5,9-10H2,1-3H3. The van der Waals surface area contributed by atoms with Crippen molar-refractivity contribution in [3.8, 4) is 0 Å². The Morgan fingerprint density at radius 1 is 1.45 bits per heavy atom. The topological polar surface area (TPSA) is 15.3 Å². The van der Waals surface area contributed by atoms with Crippen LogP contribution >= 0.6 is 11.6 Å². The number of rotatable bonds is 4. The van der Waals surface area contributed by atoms with Crippen molar-refractivity contribution in [2.24, 2.45) is 5.92 Å². The van der Waals surface area contributed by atoms with E-state index in [9.17, 15) is 4.39 Å². The molecule has 2 rings (SSSR count). The van der Waals surface area contributed by atoms with Gasteiger partial charge in [0.1, 0.15) is 0 Å². The predicted octanol–water partition coefficient (Wildman–Crippen LogP) is 4.08. The van der Waals surface area contributed by atoms with Crippen molar-refractivity contribution in [3.63, 3.8) is 0 Å². The number of nitrogens with zero attached hydrogens (tertiary/aromatic N) is 1. The van der Waals surface area contributed by atoms with Crippen LogP contribution in [0.15, 0.2) is 18.2 Å². The van der Waals surface area contributed by atoms with Gasteiger partial charge in [-0.3, -0.25) is 0 Å². The Kier molecular flexibility index (Phi) is 5.28. The Morgan fingerprint density at radius 3 is 2.85 bits per heavy atom. The van der Waals surface area contributed by atoms with E-state index in [0.29, 0.717) is 23.7 Å². The Hall–Kier alpha value is -0.800. The van der Waals surface area contributed by atoms with E-state index in [1.807, 2.05) is 12.1 Å². The first-order valence-corrected chi connectivity index (χ1v) is 7.90. The zero-order valence-corrected chi connectivity index (χ0v) is 13.3. The van der Waals surface area contributed by atoms with Crippen molar-refractivity contribution in [2.75, 3.05) is 18.0 Å². The van der Waals surface area contributed by atoms with E-state index in [-0.39, 0.29) is 10.8 Å². The summed E-state index contributed by atoms with van der Waals surface area (Å²) in [6.07, 6.45) is 2.12. The molecule has 1 aromatic rings. The zero-order chi connectivity index (χ0) is 14.7. The molecule has 0 saturated carbocycles. The number of benzene rings is 1. The molecule has 3 unspecified atom stereocenters. The van der Waals surface area contributed by atoms with Gasteiger partial charge in [0.2, 0.25) is 0 Å². The van der Waals surface area contributed by atoms with Crippen LogP contribution in [-0.4, -0.2) is 25.2 Å². The maximum absolute atomic E-state index is 14.3. The van der Waals surface area contributed by atoms with Crippen LogP contribution in [0.25, 0.3) is 0 Å². The third-order valence-electron chi connectivity index (χ3n) is 4.49. The van der Waals surface area contributed by atoms with E-state index < -0.39 is 0 Å². The highest BCUT2D eigenvalue weighted by Crippen LogP contribution is 2.30. The minimum Gasteiger partial charge on any atom is -0.363 e. The molecule has 2 nitrogen and oxygen atoms in total. The van der Waals surface area contributed by atoms with E-state index in [0.717, 1.165) is 25.9 Å². The second kappa shape index (κ2) is 6.77. The molecule has 0 aliphatic carbocycles. The third kappa shape index (κ3) is 3.09. The summed E-state index contributed by atoms with van der Waals surface area (Å²) < 4.78 is 14.3. The lowest BCUT2D eigenvalue weighted by atomic mass is 9.94. The van der Waals surface area contributed by atoms with Gasteiger partial charge in [-0.2, -0.15) is 0 Å². The van der Waals surface area contributed by atoms with Crippen molar-refractivity contribution < 1.29 is 4.39 Å². The van der Waals surface area contributed by atoms with Gasteiger partial charge >= 0.3 is 0 Å². The smallest absolute Gasteiger partial charge is 0.165 e. The van der Waals surface area contributed by atoms with Crippen LogP contribution in [0.4, 0.5) is 10.1 Å². The molecule has 20 heavy (non-hydrogen) atoms. The van der Waals surface area contributed by atoms with E-state index >= 15 is 0 Å². The Balaban J connectivity index is 2.27. The van der Waals surface area contributed by atoms with Crippen molar-refractivity contribution in [1.29, 1.82) is 0 Å². The Labute approximate surface area is 126 Å². The molecule has 4 heteroatoms. The van der Waals surface area contributed by atoms with Gasteiger partial charge in [-0.15, -0.1) is 0 Å². The fraction of sp³-hybridized carbons (Fsp3) is 0.625. The molecule has 1 aliphatic rings. The van der Waals surface area contributed by atoms with Gasteiger partial charge < -0.3 is 10.2 Å². The lowest BCUT2D eigenvalue weighted by Gasteiger charge is -2.43. The van der Waals surface area contributed by atoms with Crippen LogP contribution in [0, 0.1) is 11.7 Å². The summed E-state index contributed by atoms with van der Waals surface area (Å²) >= 11 is 5.93. The van der Waals surface area contributed by atoms with E-state index in [2.05, 4.69) is 31.0 Å². The maximum atomic E-state index is 14.3. The van der Waals surface area contributed by atoms with Crippen LogP contribution in [0.1, 0.15) is 33.6 Å². The summed E-state index contributed by atoms with van der Waals surface area (Å²) in [6, 6.07) is 6.00. The number of nitrogens with one attached hydrogen (secondary N) is 1. The summed E-state index contributed by atoms with van der Waals surface area (Å²) in [6.45, 7) is 8.33. The fourth-order valence-electron chi connectivity index (χ4n) is 2.86. The van der Waals surface area contributed by atoms with Crippen LogP contribution in [0.3, 0.4) is 0 Å². The van der Waals surface area contributed by atoms with Crippen molar-refractivity contribution in [1.82, 2.24) is 5.32 Å². The molecule has 1 N–H and O–H groups in total. The average molecular weight is 299 g/mol. The first kappa shape index (κ1) is 15.6. The number of hydrogen-bond donors (Lipinski definition) is 1. The Bertz CT molecular complexity index is 452. The number of hydrogen-bond acceptors (Lipinski definition) is 2. The van der Waals surface area contributed by atoms with Crippen LogP contribution in [0.2, 0.25) is 5.02 Å². The molecule has 112 valence electrons. The lowest BCUT2D eigenvalue weighted by Crippen LogP contribution is -2.58. The monoisotopic (exact) mass is 298 g/mol. The van der Waals surface area contributed by atoms with E-state index in [1.165, 1.54) is 0 Å². The molecular weight excluding hydrogens is 275 g/mol. The molecule has 0 bridgehead atoms. The molecule has 1 heterocycles. The summed E-state index contributed by atoms with van der Waals surface area (Å²) in [5.41, 5.74) is 0.638. The maximum Gasteiger partial charge on any atom is 0.165 e. The Morgan fingerprint density at radius 2 is 2.20 bits per heavy atom. The van der Waals surface area contributed by atoms with Gasteiger partial charge in [-0.05, 0) is 24.5 Å². The third-order valence-corrected chi connectivity index (χ3v) is 4.78. The predicted molar refractivity (Wildman–Crippen MR) is 84.1 cm³/mol. The first-order chi connectivity index (χ1) is 9.58. The summed E-state index contributed by atoms with van der Waals surface area (Å²) in [5, 5.41) is 3.81. The molecule has 0 amide bonds. The average Bonchev–Trinajstić information content (AvgIpc) is 2.48. The van der Waals surface area contributed by atoms with Crippen molar-refractivity contribution >= 4 is 17.3 Å². The summed E-state index contributed by atoms with van der Waals surface area (Å²) in [4.78, 5) is 2.19. The SMILES string of the molecule is CCC(C)C1CN(c2cccc(Cl)c2F)C(CC)CN1. The molecule has 1 saturated heterocycles. The van der Waals surface area contributed by atoms with Gasteiger partial charge in [0, 0.05) is 25.2 Å². The van der Waals surface area contributed by atoms with Crippen molar-refractivity contribution in [2.45, 2.75) is 45.7 Å². The normalized spacial score (nSPS) is 24.8. The molecule has 0 aromatic heterocycles. The molecule has 3 atom stereocenters. The zero-order valence-electron chi connectivity index (χ0n) is 12.5. The highest BCUT2D eigenvalue weighted by atomic mass is 35.5. The first-order valence-electron chi connectivity index (χ1n) is 7.52. The van der Waals surface area contributed by atoms with Gasteiger partial charge in [-0.25, -0.2) is 4.39 Å². The number of halogens is 2. The molecule has 1 aromatic carbocycles. The molecule has 1 aliphatic heterocycles. The van der Waals surface area contributed by atoms with Crippen LogP contribution < -0.4 is 10.2 Å². The fourth-order valence-corrected chi connectivity index (χ4v) is 3.03. The van der Waals surface area contributed by atoms with Crippen LogP contribution in [-0.2, 0) is 0 Å². The quantitative estimate of drug-likeness (QED) is 0.901. The van der Waals surface area contributed by atoms with Gasteiger partial charge in [0.15, 0.2) is 5.82 Å². The second-order valence-electron chi connectivity index (χ2n) is 5.69. The summed E-state index contributed by atoms with van der Waals surface area (Å²) in [5.74, 6) is 0.287. The van der Waals surface area contributed by atoms with E-state index in [1.54, 1.807) is 6.07 Å². The molecule has 1 fully saturated rings. The van der Waals surface area contributed by atoms with Gasteiger partial charge in [0.25, 0.3) is 0 Å². The largest absolute Gasteiger partial charge is 0.363 e. The number of piperazine rings is 1. The second-order valence-corrected chi connectivity index (χ2v) is 6.09. The number of anilines is 1. The van der Waals surface area contributed by atoms with E-state index in [4.69, 9.17) is 11.6 Å². The lowest BCUT2D eigenvalue weighted by molar-refractivity contribution is 0.304. The molecular formula is C16H24ClFN2.